The normalized spacial score (nSPS) is 11.7. The van der Waals surface area contributed by atoms with Gasteiger partial charge >= 0.3 is 5.97 Å². The van der Waals surface area contributed by atoms with E-state index in [-0.39, 0.29) is 0 Å². The summed E-state index contributed by atoms with van der Waals surface area (Å²) >= 11 is 1.64. The van der Waals surface area contributed by atoms with Gasteiger partial charge in [-0.25, -0.2) is 4.79 Å². The molecule has 70 valence electrons. The Labute approximate surface area is 81.5 Å². The third-order valence-electron chi connectivity index (χ3n) is 1.73. The lowest BCUT2D eigenvalue weighted by atomic mass is 10.2. The zero-order valence-electron chi connectivity index (χ0n) is 7.70. The number of carbonyl (C=O) groups is 1. The van der Waals surface area contributed by atoms with Crippen LogP contribution in [0.1, 0.15) is 23.6 Å². The molecule has 3 heteroatoms. The van der Waals surface area contributed by atoms with Crippen LogP contribution >= 0.6 is 11.3 Å². The van der Waals surface area contributed by atoms with Crippen LogP contribution in [0, 0.1) is 0 Å². The van der Waals surface area contributed by atoms with E-state index in [4.69, 9.17) is 5.11 Å². The number of hydrogen-bond acceptors (Lipinski definition) is 2. The number of aliphatic carboxylic acids is 1. The molecule has 1 aromatic rings. The van der Waals surface area contributed by atoms with Crippen LogP contribution in [0.15, 0.2) is 17.7 Å². The Bertz CT molecular complexity index is 336. The Morgan fingerprint density at radius 2 is 2.31 bits per heavy atom. The van der Waals surface area contributed by atoms with E-state index in [9.17, 15) is 4.79 Å². The van der Waals surface area contributed by atoms with Crippen LogP contribution in [-0.4, -0.2) is 11.1 Å². The van der Waals surface area contributed by atoms with Gasteiger partial charge in [-0.2, -0.15) is 0 Å². The summed E-state index contributed by atoms with van der Waals surface area (Å²) in [6.45, 7) is 3.69. The van der Waals surface area contributed by atoms with Gasteiger partial charge in [-0.15, -0.1) is 11.3 Å². The first-order valence-electron chi connectivity index (χ1n) is 4.13. The quantitative estimate of drug-likeness (QED) is 0.755. The molecule has 0 aliphatic rings. The first kappa shape index (κ1) is 9.99. The molecule has 1 heterocycles. The number of hydrogen-bond donors (Lipinski definition) is 1. The monoisotopic (exact) mass is 196 g/mol. The van der Waals surface area contributed by atoms with E-state index < -0.39 is 5.97 Å². The average Bonchev–Trinajstić information content (AvgIpc) is 2.52. The predicted octanol–water partition coefficient (Wildman–Crippen LogP) is 2.80. The van der Waals surface area contributed by atoms with Crippen LogP contribution in [0.5, 0.6) is 0 Å². The summed E-state index contributed by atoms with van der Waals surface area (Å²) in [6.07, 6.45) is 2.71. The molecule has 13 heavy (non-hydrogen) atoms. The maximum Gasteiger partial charge on any atom is 0.331 e. The van der Waals surface area contributed by atoms with Gasteiger partial charge < -0.3 is 5.11 Å². The van der Waals surface area contributed by atoms with E-state index in [1.165, 1.54) is 4.88 Å². The van der Waals surface area contributed by atoms with Crippen LogP contribution in [0.25, 0.3) is 6.08 Å². The van der Waals surface area contributed by atoms with Crippen molar-refractivity contribution in [3.05, 3.63) is 27.5 Å². The lowest BCUT2D eigenvalue weighted by Crippen LogP contribution is -1.94. The number of aryl methyl sites for hydroxylation is 1. The van der Waals surface area contributed by atoms with Crippen molar-refractivity contribution in [2.45, 2.75) is 20.3 Å². The molecule has 0 atom stereocenters. The maximum atomic E-state index is 10.5. The van der Waals surface area contributed by atoms with E-state index in [2.05, 4.69) is 6.92 Å². The average molecular weight is 196 g/mol. The molecule has 0 saturated heterocycles. The molecule has 0 aliphatic heterocycles. The molecule has 0 unspecified atom stereocenters. The van der Waals surface area contributed by atoms with Gasteiger partial charge in [0.2, 0.25) is 0 Å². The Kier molecular flexibility index (Phi) is 3.25. The molecule has 0 aliphatic carbocycles. The first-order valence-corrected chi connectivity index (χ1v) is 4.95. The minimum atomic E-state index is -0.855. The molecule has 0 radical (unpaired) electrons. The highest BCUT2D eigenvalue weighted by Gasteiger charge is 2.01. The van der Waals surface area contributed by atoms with Crippen LogP contribution in [0.3, 0.4) is 0 Å². The SMILES string of the molecule is CCc1ccc(/C=C(/C)C(=O)O)s1. The summed E-state index contributed by atoms with van der Waals surface area (Å²) in [5.74, 6) is -0.855. The topological polar surface area (TPSA) is 37.3 Å². The molecule has 1 rings (SSSR count). The smallest absolute Gasteiger partial charge is 0.331 e. The largest absolute Gasteiger partial charge is 0.478 e. The molecule has 0 fully saturated rings. The fraction of sp³-hybridized carbons (Fsp3) is 0.300. The third-order valence-corrected chi connectivity index (χ3v) is 2.90. The summed E-state index contributed by atoms with van der Waals surface area (Å²) in [4.78, 5) is 12.8. The van der Waals surface area contributed by atoms with Gasteiger partial charge in [-0.1, -0.05) is 6.92 Å². The lowest BCUT2D eigenvalue weighted by molar-refractivity contribution is -0.132. The number of carboxylic acid groups (broad SMARTS) is 1. The Morgan fingerprint density at radius 3 is 2.77 bits per heavy atom. The van der Waals surface area contributed by atoms with Crippen molar-refractivity contribution in [2.75, 3.05) is 0 Å². The molecule has 1 aromatic heterocycles. The molecular formula is C10H12O2S. The summed E-state index contributed by atoms with van der Waals surface area (Å²) < 4.78 is 0. The van der Waals surface area contributed by atoms with Crippen LogP contribution in [0.4, 0.5) is 0 Å². The Morgan fingerprint density at radius 1 is 1.62 bits per heavy atom. The van der Waals surface area contributed by atoms with Crippen LogP contribution in [-0.2, 0) is 11.2 Å². The Balaban J connectivity index is 2.84. The number of carboxylic acids is 1. The first-order chi connectivity index (χ1) is 6.13. The van der Waals surface area contributed by atoms with E-state index in [0.717, 1.165) is 11.3 Å². The molecule has 0 bridgehead atoms. The van der Waals surface area contributed by atoms with Gasteiger partial charge in [0, 0.05) is 15.3 Å². The van der Waals surface area contributed by atoms with Crippen LogP contribution in [0.2, 0.25) is 0 Å². The lowest BCUT2D eigenvalue weighted by Gasteiger charge is -1.90. The van der Waals surface area contributed by atoms with Gasteiger partial charge in [0.1, 0.15) is 0 Å². The van der Waals surface area contributed by atoms with E-state index >= 15 is 0 Å². The van der Waals surface area contributed by atoms with Crippen molar-refractivity contribution >= 4 is 23.4 Å². The Hall–Kier alpha value is -1.09. The predicted molar refractivity (Wildman–Crippen MR) is 55.0 cm³/mol. The van der Waals surface area contributed by atoms with E-state index in [0.29, 0.717) is 5.57 Å². The number of rotatable bonds is 3. The van der Waals surface area contributed by atoms with Crippen LogP contribution < -0.4 is 0 Å². The highest BCUT2D eigenvalue weighted by molar-refractivity contribution is 7.12. The van der Waals surface area contributed by atoms with Crippen molar-refractivity contribution in [3.63, 3.8) is 0 Å². The maximum absolute atomic E-state index is 10.5. The van der Waals surface area contributed by atoms with Gasteiger partial charge in [0.15, 0.2) is 0 Å². The molecular weight excluding hydrogens is 184 g/mol. The summed E-state index contributed by atoms with van der Waals surface area (Å²) in [5, 5.41) is 8.64. The van der Waals surface area contributed by atoms with Gasteiger partial charge in [0.25, 0.3) is 0 Å². The van der Waals surface area contributed by atoms with Crippen molar-refractivity contribution < 1.29 is 9.90 Å². The molecule has 1 N–H and O–H groups in total. The second-order valence-corrected chi connectivity index (χ2v) is 3.99. The molecule has 2 nitrogen and oxygen atoms in total. The minimum Gasteiger partial charge on any atom is -0.478 e. The van der Waals surface area contributed by atoms with Gasteiger partial charge in [-0.05, 0) is 31.6 Å². The fourth-order valence-electron chi connectivity index (χ4n) is 0.937. The second kappa shape index (κ2) is 4.23. The van der Waals surface area contributed by atoms with Crippen molar-refractivity contribution in [1.29, 1.82) is 0 Å². The van der Waals surface area contributed by atoms with Crippen molar-refractivity contribution in [1.82, 2.24) is 0 Å². The highest BCUT2D eigenvalue weighted by atomic mass is 32.1. The zero-order chi connectivity index (χ0) is 9.84. The minimum absolute atomic E-state index is 0.379. The van der Waals surface area contributed by atoms with Gasteiger partial charge in [0.05, 0.1) is 0 Å². The zero-order valence-corrected chi connectivity index (χ0v) is 8.52. The molecule has 0 saturated carbocycles. The van der Waals surface area contributed by atoms with E-state index in [1.54, 1.807) is 24.3 Å². The fourth-order valence-corrected chi connectivity index (χ4v) is 1.89. The summed E-state index contributed by atoms with van der Waals surface area (Å²) in [5.41, 5.74) is 0.379. The van der Waals surface area contributed by atoms with E-state index in [1.807, 2.05) is 12.1 Å². The standard InChI is InChI=1S/C10H12O2S/c1-3-8-4-5-9(13-8)6-7(2)10(11)12/h4-6H,3H2,1-2H3,(H,11,12)/b7-6-. The third kappa shape index (κ3) is 2.70. The number of thiophene rings is 1. The molecule has 0 amide bonds. The highest BCUT2D eigenvalue weighted by Crippen LogP contribution is 2.19. The summed E-state index contributed by atoms with van der Waals surface area (Å²) in [7, 11) is 0. The summed E-state index contributed by atoms with van der Waals surface area (Å²) in [6, 6.07) is 3.99. The van der Waals surface area contributed by atoms with Crippen molar-refractivity contribution in [3.8, 4) is 0 Å². The molecule has 0 spiro atoms. The van der Waals surface area contributed by atoms with Crippen molar-refractivity contribution in [2.24, 2.45) is 0 Å². The molecule has 0 aromatic carbocycles. The van der Waals surface area contributed by atoms with Gasteiger partial charge in [-0.3, -0.25) is 0 Å². The second-order valence-electron chi connectivity index (χ2n) is 2.79.